The Balaban J connectivity index is 2.34. The number of esters is 1. The standard InChI is InChI=1S/C17H18N4O4S2/c1-5-9(16(23)25-4)27-14-11-13(20(2)17(24)21(3)15(11)22)18-12(19-14)10-7-6-8-26-10/h6-9H,5H2,1-4H3. The zero-order valence-corrected chi connectivity index (χ0v) is 16.9. The van der Waals surface area contributed by atoms with Gasteiger partial charge in [-0.1, -0.05) is 24.8 Å². The van der Waals surface area contributed by atoms with Crippen molar-refractivity contribution in [2.75, 3.05) is 7.11 Å². The van der Waals surface area contributed by atoms with E-state index in [0.717, 1.165) is 21.2 Å². The molecule has 3 aromatic rings. The number of aryl methyl sites for hydroxylation is 1. The second kappa shape index (κ2) is 7.65. The second-order valence-corrected chi connectivity index (χ2v) is 7.91. The molecule has 27 heavy (non-hydrogen) atoms. The number of carbonyl (C=O) groups is 1. The van der Waals surface area contributed by atoms with Crippen molar-refractivity contribution in [2.45, 2.75) is 23.6 Å². The molecule has 0 bridgehead atoms. The van der Waals surface area contributed by atoms with Crippen LogP contribution in [0.3, 0.4) is 0 Å². The summed E-state index contributed by atoms with van der Waals surface area (Å²) in [6, 6.07) is 3.73. The van der Waals surface area contributed by atoms with Crippen LogP contribution < -0.4 is 11.2 Å². The molecule has 0 saturated heterocycles. The van der Waals surface area contributed by atoms with E-state index in [9.17, 15) is 14.4 Å². The van der Waals surface area contributed by atoms with Crippen molar-refractivity contribution in [1.82, 2.24) is 19.1 Å². The molecular formula is C17H18N4O4S2. The quantitative estimate of drug-likeness (QED) is 0.362. The normalized spacial score (nSPS) is 12.3. The molecule has 0 saturated carbocycles. The van der Waals surface area contributed by atoms with Crippen LogP contribution in [0.5, 0.6) is 0 Å². The van der Waals surface area contributed by atoms with Gasteiger partial charge in [-0.25, -0.2) is 14.8 Å². The molecule has 0 aromatic carbocycles. The number of aromatic nitrogens is 4. The molecule has 8 nitrogen and oxygen atoms in total. The highest BCUT2D eigenvalue weighted by Crippen LogP contribution is 2.31. The van der Waals surface area contributed by atoms with E-state index in [4.69, 9.17) is 4.74 Å². The summed E-state index contributed by atoms with van der Waals surface area (Å²) in [6.45, 7) is 1.85. The summed E-state index contributed by atoms with van der Waals surface area (Å²) in [5.74, 6) is 0.0107. The number of methoxy groups -OCH3 is 1. The van der Waals surface area contributed by atoms with Crippen LogP contribution in [0, 0.1) is 0 Å². The first-order valence-electron chi connectivity index (χ1n) is 8.15. The lowest BCUT2D eigenvalue weighted by atomic mass is 10.3. The van der Waals surface area contributed by atoms with Crippen molar-refractivity contribution in [3.8, 4) is 10.7 Å². The van der Waals surface area contributed by atoms with Crippen LogP contribution in [0.4, 0.5) is 0 Å². The van der Waals surface area contributed by atoms with Crippen LogP contribution >= 0.6 is 23.1 Å². The van der Waals surface area contributed by atoms with Crippen LogP contribution in [0.1, 0.15) is 13.3 Å². The van der Waals surface area contributed by atoms with Gasteiger partial charge in [0, 0.05) is 14.1 Å². The van der Waals surface area contributed by atoms with Crippen molar-refractivity contribution in [1.29, 1.82) is 0 Å². The Morgan fingerprint density at radius 1 is 1.30 bits per heavy atom. The Hall–Kier alpha value is -2.46. The summed E-state index contributed by atoms with van der Waals surface area (Å²) in [5, 5.41) is 1.94. The van der Waals surface area contributed by atoms with Crippen molar-refractivity contribution in [3.05, 3.63) is 38.4 Å². The number of thiophene rings is 1. The molecule has 1 unspecified atom stereocenters. The van der Waals surface area contributed by atoms with Gasteiger partial charge in [0.25, 0.3) is 5.56 Å². The molecule has 142 valence electrons. The predicted octanol–water partition coefficient (Wildman–Crippen LogP) is 1.80. The van der Waals surface area contributed by atoms with Gasteiger partial charge in [0.05, 0.1) is 12.0 Å². The summed E-state index contributed by atoms with van der Waals surface area (Å²) >= 11 is 2.60. The van der Waals surface area contributed by atoms with Gasteiger partial charge in [-0.15, -0.1) is 11.3 Å². The summed E-state index contributed by atoms with van der Waals surface area (Å²) in [6.07, 6.45) is 0.503. The number of carbonyl (C=O) groups excluding carboxylic acids is 1. The minimum Gasteiger partial charge on any atom is -0.468 e. The number of fused-ring (bicyclic) bond motifs is 1. The molecule has 0 radical (unpaired) electrons. The van der Waals surface area contributed by atoms with Gasteiger partial charge in [-0.3, -0.25) is 18.7 Å². The first-order valence-corrected chi connectivity index (χ1v) is 9.91. The van der Waals surface area contributed by atoms with Crippen LogP contribution in [0.25, 0.3) is 21.7 Å². The van der Waals surface area contributed by atoms with Gasteiger partial charge in [-0.05, 0) is 17.9 Å². The van der Waals surface area contributed by atoms with E-state index in [2.05, 4.69) is 9.97 Å². The molecule has 0 aliphatic heterocycles. The Bertz CT molecular complexity index is 1120. The van der Waals surface area contributed by atoms with Gasteiger partial charge in [-0.2, -0.15) is 0 Å². The number of ether oxygens (including phenoxy) is 1. The van der Waals surface area contributed by atoms with E-state index in [1.165, 1.54) is 30.1 Å². The van der Waals surface area contributed by atoms with Gasteiger partial charge in [0.15, 0.2) is 11.5 Å². The summed E-state index contributed by atoms with van der Waals surface area (Å²) in [7, 11) is 4.29. The van der Waals surface area contributed by atoms with E-state index in [0.29, 0.717) is 17.3 Å². The number of thioether (sulfide) groups is 1. The molecule has 0 amide bonds. The third kappa shape index (κ3) is 3.42. The van der Waals surface area contributed by atoms with E-state index < -0.39 is 22.5 Å². The number of rotatable bonds is 5. The van der Waals surface area contributed by atoms with Gasteiger partial charge in [0.1, 0.15) is 15.7 Å². The molecule has 0 aliphatic carbocycles. The molecule has 1 atom stereocenters. The molecule has 3 aromatic heterocycles. The zero-order chi connectivity index (χ0) is 19.7. The fourth-order valence-electron chi connectivity index (χ4n) is 2.59. The minimum atomic E-state index is -0.522. The van der Waals surface area contributed by atoms with Crippen LogP contribution in [0.2, 0.25) is 0 Å². The second-order valence-electron chi connectivity index (χ2n) is 5.77. The maximum atomic E-state index is 12.8. The van der Waals surface area contributed by atoms with Gasteiger partial charge in [0.2, 0.25) is 0 Å². The highest BCUT2D eigenvalue weighted by Gasteiger charge is 2.24. The third-order valence-electron chi connectivity index (χ3n) is 4.10. The van der Waals surface area contributed by atoms with E-state index in [1.807, 2.05) is 24.4 Å². The Morgan fingerprint density at radius 3 is 2.63 bits per heavy atom. The van der Waals surface area contributed by atoms with Crippen molar-refractivity contribution in [2.24, 2.45) is 14.1 Å². The Morgan fingerprint density at radius 2 is 2.04 bits per heavy atom. The average molecular weight is 406 g/mol. The number of hydrogen-bond donors (Lipinski definition) is 0. The maximum Gasteiger partial charge on any atom is 0.332 e. The molecule has 0 fully saturated rings. The number of nitrogens with zero attached hydrogens (tertiary/aromatic N) is 4. The molecule has 0 aliphatic rings. The fraction of sp³-hybridized carbons (Fsp3) is 0.353. The molecular weight excluding hydrogens is 388 g/mol. The first-order chi connectivity index (χ1) is 12.9. The van der Waals surface area contributed by atoms with E-state index in [1.54, 1.807) is 7.05 Å². The lowest BCUT2D eigenvalue weighted by Gasteiger charge is -2.15. The maximum absolute atomic E-state index is 12.8. The van der Waals surface area contributed by atoms with Gasteiger partial charge >= 0.3 is 11.7 Å². The topological polar surface area (TPSA) is 96.1 Å². The van der Waals surface area contributed by atoms with E-state index >= 15 is 0 Å². The molecule has 10 heteroatoms. The Kier molecular flexibility index (Phi) is 5.47. The summed E-state index contributed by atoms with van der Waals surface area (Å²) < 4.78 is 7.18. The third-order valence-corrected chi connectivity index (χ3v) is 6.29. The van der Waals surface area contributed by atoms with Crippen molar-refractivity contribution < 1.29 is 9.53 Å². The SMILES string of the molecule is CCC(Sc1nc(-c2cccs2)nc2c1c(=O)n(C)c(=O)n2C)C(=O)OC. The largest absolute Gasteiger partial charge is 0.468 e. The summed E-state index contributed by atoms with van der Waals surface area (Å²) in [5.41, 5.74) is -0.726. The predicted molar refractivity (Wildman–Crippen MR) is 105 cm³/mol. The van der Waals surface area contributed by atoms with Crippen LogP contribution in [-0.4, -0.2) is 37.4 Å². The van der Waals surface area contributed by atoms with Crippen LogP contribution in [-0.2, 0) is 23.6 Å². The van der Waals surface area contributed by atoms with Gasteiger partial charge < -0.3 is 4.74 Å². The minimum absolute atomic E-state index is 0.215. The zero-order valence-electron chi connectivity index (χ0n) is 15.3. The Labute approximate surface area is 162 Å². The lowest BCUT2D eigenvalue weighted by Crippen LogP contribution is -2.37. The fourth-order valence-corrected chi connectivity index (χ4v) is 4.32. The van der Waals surface area contributed by atoms with Crippen molar-refractivity contribution in [3.63, 3.8) is 0 Å². The first kappa shape index (κ1) is 19.3. The van der Waals surface area contributed by atoms with Crippen LogP contribution in [0.15, 0.2) is 32.1 Å². The monoisotopic (exact) mass is 406 g/mol. The molecule has 3 heterocycles. The molecule has 0 spiro atoms. The average Bonchev–Trinajstić information content (AvgIpc) is 3.22. The smallest absolute Gasteiger partial charge is 0.332 e. The van der Waals surface area contributed by atoms with E-state index in [-0.39, 0.29) is 11.0 Å². The van der Waals surface area contributed by atoms with Crippen molar-refractivity contribution >= 4 is 40.1 Å². The molecule has 3 rings (SSSR count). The summed E-state index contributed by atoms with van der Waals surface area (Å²) in [4.78, 5) is 47.0. The number of hydrogen-bond acceptors (Lipinski definition) is 8. The highest BCUT2D eigenvalue weighted by atomic mass is 32.2. The highest BCUT2D eigenvalue weighted by molar-refractivity contribution is 8.00. The lowest BCUT2D eigenvalue weighted by molar-refractivity contribution is -0.140. The molecule has 0 N–H and O–H groups in total.